The third kappa shape index (κ3) is 5.76. The van der Waals surface area contributed by atoms with Crippen LogP contribution in [0.4, 0.5) is 11.4 Å². The van der Waals surface area contributed by atoms with Crippen molar-refractivity contribution in [3.8, 4) is 11.5 Å². The number of rotatable bonds is 9. The van der Waals surface area contributed by atoms with Crippen LogP contribution in [0.3, 0.4) is 0 Å². The smallest absolute Gasteiger partial charge is 0.318 e. The Hall–Kier alpha value is -5.91. The molecule has 0 radical (unpaired) electrons. The van der Waals surface area contributed by atoms with E-state index in [4.69, 9.17) is 4.74 Å². The van der Waals surface area contributed by atoms with Crippen LogP contribution in [-0.4, -0.2) is 27.7 Å². The average Bonchev–Trinajstić information content (AvgIpc) is 3.45. The Morgan fingerprint density at radius 2 is 1.59 bits per heavy atom. The van der Waals surface area contributed by atoms with Crippen LogP contribution < -0.4 is 15.6 Å². The van der Waals surface area contributed by atoms with E-state index in [1.807, 2.05) is 60.7 Å². The van der Waals surface area contributed by atoms with Gasteiger partial charge in [-0.25, -0.2) is 5.43 Å². The van der Waals surface area contributed by atoms with Crippen molar-refractivity contribution in [1.29, 1.82) is 0 Å². The molecule has 0 fully saturated rings. The molecule has 1 aliphatic heterocycles. The molecule has 0 aromatic heterocycles. The Kier molecular flexibility index (Phi) is 7.45. The molecule has 41 heavy (non-hydrogen) atoms. The average molecular weight is 551 g/mol. The third-order valence-corrected chi connectivity index (χ3v) is 6.43. The van der Waals surface area contributed by atoms with E-state index in [2.05, 4.69) is 21.1 Å². The predicted octanol–water partition coefficient (Wildman–Crippen LogP) is 5.04. The normalized spacial score (nSPS) is 13.7. The number of nitrogens with zero attached hydrogens (tertiary/aromatic N) is 4. The van der Waals surface area contributed by atoms with Crippen molar-refractivity contribution in [3.63, 3.8) is 0 Å². The number of non-ortho nitro benzene ring substituents is 1. The van der Waals surface area contributed by atoms with Gasteiger partial charge in [0.25, 0.3) is 11.6 Å². The molecular formula is C29H22N6O6. The minimum Gasteiger partial charge on any atom is -0.450 e. The van der Waals surface area contributed by atoms with Gasteiger partial charge in [0, 0.05) is 12.5 Å². The van der Waals surface area contributed by atoms with Crippen LogP contribution in [0.15, 0.2) is 113 Å². The Labute approximate surface area is 233 Å². The molecule has 12 heteroatoms. The van der Waals surface area contributed by atoms with Gasteiger partial charge in [-0.15, -0.1) is 0 Å². The van der Waals surface area contributed by atoms with Crippen molar-refractivity contribution in [2.24, 2.45) is 10.2 Å². The van der Waals surface area contributed by atoms with E-state index >= 15 is 0 Å². The van der Waals surface area contributed by atoms with E-state index in [9.17, 15) is 25.0 Å². The second kappa shape index (κ2) is 11.5. The molecule has 0 spiro atoms. The SMILES string of the molecule is O=C(NN=Cc1cccc(Oc2ccc([N+](=O)[O-])cc2[N+](=O)[O-])c1)C1=NNC(c2ccccc2)(c2ccccc2)C1. The molecule has 2 N–H and O–H groups in total. The van der Waals surface area contributed by atoms with E-state index < -0.39 is 32.7 Å². The van der Waals surface area contributed by atoms with Gasteiger partial charge in [0.05, 0.1) is 22.1 Å². The number of hydrazone groups is 2. The van der Waals surface area contributed by atoms with Gasteiger partial charge in [-0.1, -0.05) is 72.8 Å². The van der Waals surface area contributed by atoms with E-state index in [0.717, 1.165) is 23.3 Å². The zero-order valence-electron chi connectivity index (χ0n) is 21.3. The van der Waals surface area contributed by atoms with Crippen LogP contribution in [0.2, 0.25) is 0 Å². The molecule has 4 aromatic rings. The van der Waals surface area contributed by atoms with Gasteiger partial charge in [-0.05, 0) is 34.9 Å². The summed E-state index contributed by atoms with van der Waals surface area (Å²) in [5.74, 6) is -0.399. The highest BCUT2D eigenvalue weighted by molar-refractivity contribution is 6.39. The highest BCUT2D eigenvalue weighted by Crippen LogP contribution is 2.37. The molecule has 1 amide bonds. The molecule has 4 aromatic carbocycles. The van der Waals surface area contributed by atoms with Crippen molar-refractivity contribution >= 4 is 29.2 Å². The molecule has 5 rings (SSSR count). The minimum atomic E-state index is -0.756. The summed E-state index contributed by atoms with van der Waals surface area (Å²) in [5.41, 5.74) is 6.72. The Balaban J connectivity index is 1.27. The van der Waals surface area contributed by atoms with Gasteiger partial charge in [-0.2, -0.15) is 10.2 Å². The maximum atomic E-state index is 12.9. The van der Waals surface area contributed by atoms with Crippen LogP contribution in [0, 0.1) is 20.2 Å². The molecule has 0 atom stereocenters. The number of nitro benzene ring substituents is 2. The Bertz CT molecular complexity index is 1630. The lowest BCUT2D eigenvalue weighted by atomic mass is 9.80. The van der Waals surface area contributed by atoms with Crippen molar-refractivity contribution in [1.82, 2.24) is 10.9 Å². The number of carbonyl (C=O) groups is 1. The van der Waals surface area contributed by atoms with Crippen molar-refractivity contribution < 1.29 is 19.4 Å². The first-order valence-electron chi connectivity index (χ1n) is 12.3. The molecule has 0 bridgehead atoms. The monoisotopic (exact) mass is 550 g/mol. The molecule has 0 saturated heterocycles. The second-order valence-electron chi connectivity index (χ2n) is 9.02. The third-order valence-electron chi connectivity index (χ3n) is 6.43. The molecule has 1 aliphatic rings. The van der Waals surface area contributed by atoms with E-state index in [1.54, 1.807) is 24.3 Å². The minimum absolute atomic E-state index is 0.157. The topological polar surface area (TPSA) is 161 Å². The van der Waals surface area contributed by atoms with Crippen LogP contribution in [0.1, 0.15) is 23.1 Å². The molecule has 0 saturated carbocycles. The zero-order chi connectivity index (χ0) is 28.8. The van der Waals surface area contributed by atoms with Crippen molar-refractivity contribution in [2.45, 2.75) is 12.0 Å². The summed E-state index contributed by atoms with van der Waals surface area (Å²) >= 11 is 0. The number of hydrogen-bond donors (Lipinski definition) is 2. The first kappa shape index (κ1) is 26.7. The number of hydrogen-bond acceptors (Lipinski definition) is 9. The summed E-state index contributed by atoms with van der Waals surface area (Å²) in [6.07, 6.45) is 1.69. The lowest BCUT2D eigenvalue weighted by Gasteiger charge is -2.30. The fourth-order valence-corrected chi connectivity index (χ4v) is 4.43. The van der Waals surface area contributed by atoms with E-state index in [0.29, 0.717) is 12.0 Å². The van der Waals surface area contributed by atoms with Gasteiger partial charge in [0.2, 0.25) is 5.75 Å². The molecule has 204 valence electrons. The fraction of sp³-hybridized carbons (Fsp3) is 0.0690. The standard InChI is InChI=1S/C29H22N6O6/c36-28(25-18-29(33-31-25,21-9-3-1-4-10-21)22-11-5-2-6-12-22)32-30-19-20-8-7-13-24(16-20)41-27-15-14-23(34(37)38)17-26(27)35(39)40/h1-17,19,33H,18H2,(H,32,36). The summed E-state index contributed by atoms with van der Waals surface area (Å²) < 4.78 is 5.62. The Morgan fingerprint density at radius 3 is 2.22 bits per heavy atom. The van der Waals surface area contributed by atoms with Gasteiger partial charge in [0.15, 0.2) is 0 Å². The van der Waals surface area contributed by atoms with Gasteiger partial charge in [-0.3, -0.25) is 30.4 Å². The zero-order valence-corrected chi connectivity index (χ0v) is 21.3. The number of nitro groups is 2. The molecule has 0 aliphatic carbocycles. The van der Waals surface area contributed by atoms with Crippen LogP contribution in [0.25, 0.3) is 0 Å². The van der Waals surface area contributed by atoms with E-state index in [-0.39, 0.29) is 17.2 Å². The highest BCUT2D eigenvalue weighted by Gasteiger charge is 2.41. The fourth-order valence-electron chi connectivity index (χ4n) is 4.43. The van der Waals surface area contributed by atoms with Gasteiger partial charge < -0.3 is 4.74 Å². The summed E-state index contributed by atoms with van der Waals surface area (Å²) in [6.45, 7) is 0. The molecule has 1 heterocycles. The molecular weight excluding hydrogens is 528 g/mol. The van der Waals surface area contributed by atoms with Gasteiger partial charge >= 0.3 is 5.69 Å². The number of amides is 1. The predicted molar refractivity (Wildman–Crippen MR) is 151 cm³/mol. The quantitative estimate of drug-likeness (QED) is 0.168. The summed E-state index contributed by atoms with van der Waals surface area (Å²) in [4.78, 5) is 33.8. The summed E-state index contributed by atoms with van der Waals surface area (Å²) in [6, 6.07) is 29.1. The first-order valence-corrected chi connectivity index (χ1v) is 12.3. The summed E-state index contributed by atoms with van der Waals surface area (Å²) in [5, 5.41) is 30.7. The molecule has 0 unspecified atom stereocenters. The number of nitrogens with one attached hydrogen (secondary N) is 2. The van der Waals surface area contributed by atoms with Crippen LogP contribution in [0.5, 0.6) is 11.5 Å². The number of benzene rings is 4. The largest absolute Gasteiger partial charge is 0.450 e. The lowest BCUT2D eigenvalue weighted by Crippen LogP contribution is -2.38. The van der Waals surface area contributed by atoms with Crippen LogP contribution in [-0.2, 0) is 10.3 Å². The maximum Gasteiger partial charge on any atom is 0.318 e. The summed E-state index contributed by atoms with van der Waals surface area (Å²) in [7, 11) is 0. The first-order chi connectivity index (χ1) is 19.9. The maximum absolute atomic E-state index is 12.9. The van der Waals surface area contributed by atoms with Gasteiger partial charge in [0.1, 0.15) is 17.0 Å². The Morgan fingerprint density at radius 1 is 0.902 bits per heavy atom. The van der Waals surface area contributed by atoms with E-state index in [1.165, 1.54) is 12.3 Å². The van der Waals surface area contributed by atoms with Crippen molar-refractivity contribution in [2.75, 3.05) is 0 Å². The molecule has 12 nitrogen and oxygen atoms in total. The number of carbonyl (C=O) groups excluding carboxylic acids is 1. The second-order valence-corrected chi connectivity index (χ2v) is 9.02. The lowest BCUT2D eigenvalue weighted by molar-refractivity contribution is -0.394. The van der Waals surface area contributed by atoms with Crippen LogP contribution >= 0.6 is 0 Å². The highest BCUT2D eigenvalue weighted by atomic mass is 16.6. The van der Waals surface area contributed by atoms with Crippen molar-refractivity contribution in [3.05, 3.63) is 140 Å². The number of ether oxygens (including phenoxy) is 1.